The highest BCUT2D eigenvalue weighted by atomic mass is 16.2. The average Bonchev–Trinajstić information content (AvgIpc) is 2.38. The molecule has 1 amide bonds. The first-order chi connectivity index (χ1) is 6.93. The molecule has 0 fully saturated rings. The number of rotatable bonds is 2. The molecule has 0 aliphatic rings. The zero-order chi connectivity index (χ0) is 11.6. The summed E-state index contributed by atoms with van der Waals surface area (Å²) in [5.74, 6) is 0.0117. The van der Waals surface area contributed by atoms with Gasteiger partial charge in [0.05, 0.1) is 0 Å². The van der Waals surface area contributed by atoms with Gasteiger partial charge in [-0.25, -0.2) is 0 Å². The van der Waals surface area contributed by atoms with Gasteiger partial charge in [0.25, 0.3) is 0 Å². The van der Waals surface area contributed by atoms with E-state index in [1.807, 2.05) is 27.0 Å². The van der Waals surface area contributed by atoms with Gasteiger partial charge in [-0.05, 0) is 31.1 Å². The number of aromatic nitrogens is 1. The number of carbonyl (C=O) groups excluding carboxylic acids is 1. The molecule has 1 rings (SSSR count). The Bertz CT molecular complexity index is 400. The van der Waals surface area contributed by atoms with Crippen LogP contribution in [0.3, 0.4) is 0 Å². The lowest BCUT2D eigenvalue weighted by Gasteiger charge is -2.05. The van der Waals surface area contributed by atoms with Gasteiger partial charge in [0.1, 0.15) is 0 Å². The largest absolute Gasteiger partial charge is 0.354 e. The molecule has 1 aromatic heterocycles. The van der Waals surface area contributed by atoms with E-state index in [1.165, 1.54) is 11.3 Å². The topological polar surface area (TPSA) is 25.2 Å². The van der Waals surface area contributed by atoms with Crippen LogP contribution in [0.25, 0.3) is 6.08 Å². The Hall–Kier alpha value is -1.51. The third kappa shape index (κ3) is 2.49. The van der Waals surface area contributed by atoms with Crippen LogP contribution in [0.5, 0.6) is 0 Å². The molecule has 0 aliphatic carbocycles. The Kier molecular flexibility index (Phi) is 3.35. The van der Waals surface area contributed by atoms with Gasteiger partial charge in [0.2, 0.25) is 5.91 Å². The van der Waals surface area contributed by atoms with Gasteiger partial charge >= 0.3 is 0 Å². The molecule has 0 N–H and O–H groups in total. The predicted molar refractivity (Wildman–Crippen MR) is 62.6 cm³/mol. The van der Waals surface area contributed by atoms with Crippen molar-refractivity contribution < 1.29 is 4.79 Å². The maximum Gasteiger partial charge on any atom is 0.246 e. The fraction of sp³-hybridized carbons (Fsp3) is 0.417. The molecule has 0 spiro atoms. The number of amides is 1. The standard InChI is InChI=1S/C12H18N2O/c1-9-8-14(5)10(2)11(9)6-7-12(15)13(3)4/h6-8H,1-5H3. The second kappa shape index (κ2) is 4.34. The van der Waals surface area contributed by atoms with E-state index < -0.39 is 0 Å². The van der Waals surface area contributed by atoms with Crippen LogP contribution in [0.4, 0.5) is 0 Å². The molecule has 0 aromatic carbocycles. The van der Waals surface area contributed by atoms with Crippen molar-refractivity contribution in [1.29, 1.82) is 0 Å². The van der Waals surface area contributed by atoms with Gasteiger partial charge in [-0.1, -0.05) is 0 Å². The quantitative estimate of drug-likeness (QED) is 0.677. The van der Waals surface area contributed by atoms with Crippen molar-refractivity contribution in [1.82, 2.24) is 9.47 Å². The molecule has 0 radical (unpaired) electrons. The predicted octanol–water partition coefficient (Wildman–Crippen LogP) is 1.74. The number of aryl methyl sites for hydroxylation is 2. The molecule has 0 saturated carbocycles. The van der Waals surface area contributed by atoms with E-state index in [4.69, 9.17) is 0 Å². The van der Waals surface area contributed by atoms with Crippen LogP contribution < -0.4 is 0 Å². The van der Waals surface area contributed by atoms with Gasteiger partial charge in [-0.3, -0.25) is 4.79 Å². The van der Waals surface area contributed by atoms with E-state index in [0.717, 1.165) is 5.56 Å². The van der Waals surface area contributed by atoms with Crippen molar-refractivity contribution >= 4 is 12.0 Å². The SMILES string of the molecule is Cc1cn(C)c(C)c1C=CC(=O)N(C)C. The lowest BCUT2D eigenvalue weighted by Crippen LogP contribution is -2.18. The van der Waals surface area contributed by atoms with Crippen molar-refractivity contribution in [3.8, 4) is 0 Å². The first-order valence-electron chi connectivity index (χ1n) is 4.95. The molecule has 82 valence electrons. The number of hydrogen-bond acceptors (Lipinski definition) is 1. The zero-order valence-corrected chi connectivity index (χ0v) is 10.0. The average molecular weight is 206 g/mol. The summed E-state index contributed by atoms with van der Waals surface area (Å²) in [6.07, 6.45) is 5.55. The van der Waals surface area contributed by atoms with E-state index in [0.29, 0.717) is 0 Å². The molecule has 0 atom stereocenters. The molecule has 1 aromatic rings. The summed E-state index contributed by atoms with van der Waals surface area (Å²) >= 11 is 0. The summed E-state index contributed by atoms with van der Waals surface area (Å²) in [4.78, 5) is 12.9. The Morgan fingerprint density at radius 2 is 2.00 bits per heavy atom. The first kappa shape index (κ1) is 11.6. The number of carbonyl (C=O) groups is 1. The highest BCUT2D eigenvalue weighted by Crippen LogP contribution is 2.16. The minimum atomic E-state index is 0.0117. The second-order valence-electron chi connectivity index (χ2n) is 3.99. The highest BCUT2D eigenvalue weighted by Gasteiger charge is 2.05. The molecular weight excluding hydrogens is 188 g/mol. The van der Waals surface area contributed by atoms with Gasteiger partial charge < -0.3 is 9.47 Å². The fourth-order valence-electron chi connectivity index (χ4n) is 1.49. The molecule has 15 heavy (non-hydrogen) atoms. The van der Waals surface area contributed by atoms with Crippen molar-refractivity contribution in [2.24, 2.45) is 7.05 Å². The number of likely N-dealkylation sites (N-methyl/N-ethyl adjacent to an activating group) is 1. The van der Waals surface area contributed by atoms with Crippen LogP contribution in [0, 0.1) is 13.8 Å². The fourth-order valence-corrected chi connectivity index (χ4v) is 1.49. The van der Waals surface area contributed by atoms with Gasteiger partial charge in [0, 0.05) is 39.1 Å². The van der Waals surface area contributed by atoms with Crippen molar-refractivity contribution in [3.05, 3.63) is 29.1 Å². The minimum Gasteiger partial charge on any atom is -0.354 e. The highest BCUT2D eigenvalue weighted by molar-refractivity contribution is 5.91. The van der Waals surface area contributed by atoms with Crippen molar-refractivity contribution in [2.45, 2.75) is 13.8 Å². The van der Waals surface area contributed by atoms with E-state index in [9.17, 15) is 4.79 Å². The molecular formula is C12H18N2O. The molecule has 3 heteroatoms. The summed E-state index contributed by atoms with van der Waals surface area (Å²) in [6.45, 7) is 4.10. The van der Waals surface area contributed by atoms with Gasteiger partial charge in [-0.2, -0.15) is 0 Å². The minimum absolute atomic E-state index is 0.0117. The molecule has 0 bridgehead atoms. The van der Waals surface area contributed by atoms with Crippen LogP contribution in [-0.4, -0.2) is 29.5 Å². The van der Waals surface area contributed by atoms with Crippen LogP contribution in [0.15, 0.2) is 12.3 Å². The third-order valence-corrected chi connectivity index (χ3v) is 2.56. The molecule has 1 heterocycles. The Balaban J connectivity index is 2.94. The molecule has 0 aliphatic heterocycles. The lowest BCUT2D eigenvalue weighted by atomic mass is 10.1. The summed E-state index contributed by atoms with van der Waals surface area (Å²) in [6, 6.07) is 0. The van der Waals surface area contributed by atoms with E-state index in [-0.39, 0.29) is 5.91 Å². The van der Waals surface area contributed by atoms with E-state index in [1.54, 1.807) is 25.1 Å². The Morgan fingerprint density at radius 1 is 1.40 bits per heavy atom. The van der Waals surface area contributed by atoms with Crippen LogP contribution in [-0.2, 0) is 11.8 Å². The maximum absolute atomic E-state index is 11.4. The number of hydrogen-bond donors (Lipinski definition) is 0. The Labute approximate surface area is 91.0 Å². The van der Waals surface area contributed by atoms with Crippen molar-refractivity contribution in [3.63, 3.8) is 0 Å². The van der Waals surface area contributed by atoms with E-state index in [2.05, 4.69) is 10.8 Å². The van der Waals surface area contributed by atoms with E-state index >= 15 is 0 Å². The van der Waals surface area contributed by atoms with Gasteiger partial charge in [0.15, 0.2) is 0 Å². The monoisotopic (exact) mass is 206 g/mol. The normalized spacial score (nSPS) is 11.0. The molecule has 0 saturated heterocycles. The second-order valence-corrected chi connectivity index (χ2v) is 3.99. The lowest BCUT2D eigenvalue weighted by molar-refractivity contribution is -0.123. The van der Waals surface area contributed by atoms with Crippen LogP contribution in [0.2, 0.25) is 0 Å². The third-order valence-electron chi connectivity index (χ3n) is 2.56. The summed E-state index contributed by atoms with van der Waals surface area (Å²) < 4.78 is 2.06. The van der Waals surface area contributed by atoms with Crippen LogP contribution >= 0.6 is 0 Å². The summed E-state index contributed by atoms with van der Waals surface area (Å²) in [5, 5.41) is 0. The number of nitrogens with zero attached hydrogens (tertiary/aromatic N) is 2. The van der Waals surface area contributed by atoms with Crippen LogP contribution in [0.1, 0.15) is 16.8 Å². The Morgan fingerprint density at radius 3 is 2.40 bits per heavy atom. The maximum atomic E-state index is 11.4. The first-order valence-corrected chi connectivity index (χ1v) is 4.95. The smallest absolute Gasteiger partial charge is 0.246 e. The van der Waals surface area contributed by atoms with Crippen molar-refractivity contribution in [2.75, 3.05) is 14.1 Å². The van der Waals surface area contributed by atoms with Gasteiger partial charge in [-0.15, -0.1) is 0 Å². The molecule has 3 nitrogen and oxygen atoms in total. The molecule has 0 unspecified atom stereocenters. The summed E-state index contributed by atoms with van der Waals surface area (Å²) in [7, 11) is 5.50. The summed E-state index contributed by atoms with van der Waals surface area (Å²) in [5.41, 5.74) is 3.50. The zero-order valence-electron chi connectivity index (χ0n) is 10.0.